The predicted octanol–water partition coefficient (Wildman–Crippen LogP) is 13.4. The number of hydrogen-bond donors (Lipinski definition) is 8. The van der Waals surface area contributed by atoms with Crippen molar-refractivity contribution >= 4 is 92.8 Å². The quantitative estimate of drug-likeness (QED) is 0.0589. The molecule has 0 saturated carbocycles. The van der Waals surface area contributed by atoms with Crippen molar-refractivity contribution in [2.75, 3.05) is 76.6 Å². The molecule has 8 N–H and O–H groups in total. The van der Waals surface area contributed by atoms with Crippen LogP contribution in [-0.4, -0.2) is 99.6 Å². The predicted molar refractivity (Wildman–Crippen MR) is 374 cm³/mol. The highest BCUT2D eigenvalue weighted by atomic mass is 17.2. The van der Waals surface area contributed by atoms with Gasteiger partial charge in [-0.05, 0) is 193 Å². The first-order valence-electron chi connectivity index (χ1n) is 31.6. The van der Waals surface area contributed by atoms with Crippen LogP contribution >= 0.6 is 0 Å². The maximum Gasteiger partial charge on any atom is 0.259 e. The average molecular weight is 1330 g/mol. The maximum atomic E-state index is 14.9. The Bertz CT molecular complexity index is 4030. The topological polar surface area (TPSA) is 297 Å². The van der Waals surface area contributed by atoms with Crippen molar-refractivity contribution < 1.29 is 71.8 Å². The van der Waals surface area contributed by atoms with E-state index in [1.165, 1.54) is 87.0 Å². The summed E-state index contributed by atoms with van der Waals surface area (Å²) in [6.07, 6.45) is -2.09. The molecule has 98 heavy (non-hydrogen) atoms. The molecule has 10 rings (SSSR count). The molecule has 23 heteroatoms. The summed E-state index contributed by atoms with van der Waals surface area (Å²) in [5.41, 5.74) is 6.87. The van der Waals surface area contributed by atoms with E-state index in [2.05, 4.69) is 42.5 Å². The number of nitrogens with one attached hydrogen (secondary N) is 8. The van der Waals surface area contributed by atoms with Crippen LogP contribution in [0.2, 0.25) is 0 Å². The van der Waals surface area contributed by atoms with Gasteiger partial charge in [0, 0.05) is 45.5 Å². The molecule has 0 aromatic heterocycles. The number of anilines is 8. The summed E-state index contributed by atoms with van der Waals surface area (Å²) in [7, 11) is 2.66. The van der Waals surface area contributed by atoms with Crippen molar-refractivity contribution in [3.05, 3.63) is 210 Å². The molecule has 8 aromatic carbocycles. The Kier molecular flexibility index (Phi) is 21.0. The second-order valence-electron chi connectivity index (χ2n) is 24.3. The Balaban J connectivity index is 1.12. The number of fused-ring (bicyclic) bond motifs is 22. The molecule has 506 valence electrons. The molecular weight excluding hydrogens is 1250 g/mol. The van der Waals surface area contributed by atoms with Crippen LogP contribution in [0, 0.1) is 55.4 Å². The number of hydrogen-bond acceptors (Lipinski definition) is 15. The van der Waals surface area contributed by atoms with E-state index in [0.717, 1.165) is 0 Å². The Morgan fingerprint density at radius 1 is 0.306 bits per heavy atom. The van der Waals surface area contributed by atoms with Crippen molar-refractivity contribution in [3.8, 4) is 23.0 Å². The molecule has 2 heterocycles. The lowest BCUT2D eigenvalue weighted by atomic mass is 10.0. The van der Waals surface area contributed by atoms with Crippen LogP contribution in [0.5, 0.6) is 23.0 Å². The maximum absolute atomic E-state index is 14.9. The molecule has 0 saturated heterocycles. The number of para-hydroxylation sites is 4. The molecule has 8 amide bonds. The molecule has 14 bridgehead atoms. The fourth-order valence-corrected chi connectivity index (χ4v) is 11.3. The second-order valence-corrected chi connectivity index (χ2v) is 24.3. The summed E-state index contributed by atoms with van der Waals surface area (Å²) in [5.74, 6) is -5.95. The summed E-state index contributed by atoms with van der Waals surface area (Å²) in [6.45, 7) is 19.1. The van der Waals surface area contributed by atoms with Crippen molar-refractivity contribution in [3.63, 3.8) is 0 Å². The van der Waals surface area contributed by atoms with E-state index < -0.39 is 65.6 Å². The minimum atomic E-state index is -0.843. The van der Waals surface area contributed by atoms with Gasteiger partial charge in [-0.3, -0.25) is 38.4 Å². The van der Waals surface area contributed by atoms with Crippen LogP contribution in [0.1, 0.15) is 148 Å². The van der Waals surface area contributed by atoms with Gasteiger partial charge in [-0.15, -0.1) is 0 Å². The van der Waals surface area contributed by atoms with E-state index in [0.29, 0.717) is 67.3 Å². The fourth-order valence-electron chi connectivity index (χ4n) is 11.3. The standard InChI is InChI=1S/C75H76N8O15/c1-37-26-41(5)60-30-56(37)76-68(84)48-18-14-20-50(64(48)92-12)70(86)78-58-32-62(43(7)28-39(58)3)82-74(90)54-24-17-25-55-67(54)98-97-47(11)36-95-45(9)34-94-46(10)35-96-66-52(72(88)80-60)22-16-23-53(66)73(89)81-61-31-57(38(2)27-42(61)6)77-69(85)49-19-15-21-51(65(49)93-13)71(87)79-59-33-63(83-75(55)91)44(8)29-40(59)4/h14-33,45-47H,34-36H2,1-13H3,(H,76,84)(H,77,85)(H,78,86)(H,79,87)(H,80,88)(H,81,89)(H,82,90)(H,83,91). The Morgan fingerprint density at radius 2 is 0.531 bits per heavy atom. The largest absolute Gasteiger partial charge is 0.495 e. The molecule has 23 nitrogen and oxygen atoms in total. The van der Waals surface area contributed by atoms with Gasteiger partial charge in [0.05, 0.1) is 84.1 Å². The van der Waals surface area contributed by atoms with Crippen molar-refractivity contribution in [2.24, 2.45) is 0 Å². The van der Waals surface area contributed by atoms with E-state index >= 15 is 0 Å². The molecule has 0 spiro atoms. The minimum Gasteiger partial charge on any atom is -0.495 e. The lowest BCUT2D eigenvalue weighted by Crippen LogP contribution is -2.28. The van der Waals surface area contributed by atoms with E-state index in [4.69, 9.17) is 33.5 Å². The van der Waals surface area contributed by atoms with Crippen LogP contribution in [0.15, 0.2) is 121 Å². The first kappa shape index (κ1) is 69.4. The zero-order chi connectivity index (χ0) is 70.4. The first-order valence-corrected chi connectivity index (χ1v) is 31.6. The second kappa shape index (κ2) is 29.7. The Morgan fingerprint density at radius 3 is 0.796 bits per heavy atom. The third kappa shape index (κ3) is 15.3. The summed E-state index contributed by atoms with van der Waals surface area (Å²) in [4.78, 5) is 129. The van der Waals surface area contributed by atoms with E-state index in [1.54, 1.807) is 125 Å². The summed E-state index contributed by atoms with van der Waals surface area (Å²) >= 11 is 0. The first-order chi connectivity index (χ1) is 46.8. The third-order valence-electron chi connectivity index (χ3n) is 16.7. The highest BCUT2D eigenvalue weighted by Crippen LogP contribution is 2.37. The van der Waals surface area contributed by atoms with Gasteiger partial charge in [-0.25, -0.2) is 0 Å². The van der Waals surface area contributed by atoms with E-state index in [1.807, 2.05) is 0 Å². The number of rotatable bonds is 2. The highest BCUT2D eigenvalue weighted by molar-refractivity contribution is 6.17. The molecule has 0 aliphatic carbocycles. The van der Waals surface area contributed by atoms with Crippen LogP contribution in [-0.2, 0) is 14.4 Å². The SMILES string of the molecule is COc1c2cccc1C(=O)Nc1cc(c(C)cc1C)NC(=O)c1cccc3c1OOC(C)COC(C)COC(C)COc1c(cccc1C(=O)Nc1cc(c(C)cc1C)NC(=O)c1cccc(c1OC)C(=O)Nc1cc(c(C)cc1C)NC3=O)C(=O)Nc1cc(c(C)cc1C)NC2=O. The molecular formula is C75H76N8O15. The van der Waals surface area contributed by atoms with Gasteiger partial charge >= 0.3 is 0 Å². The van der Waals surface area contributed by atoms with Gasteiger partial charge < -0.3 is 71.1 Å². The molecule has 0 fully saturated rings. The van der Waals surface area contributed by atoms with Gasteiger partial charge in [0.25, 0.3) is 47.3 Å². The minimum absolute atomic E-state index is 0.000286. The fraction of sp³-hybridized carbons (Fsp3) is 0.253. The van der Waals surface area contributed by atoms with Gasteiger partial charge in [-0.2, -0.15) is 4.89 Å². The van der Waals surface area contributed by atoms with Gasteiger partial charge in [0.15, 0.2) is 5.75 Å². The summed E-state index contributed by atoms with van der Waals surface area (Å²) < 4.78 is 30.5. The molecule has 2 aliphatic heterocycles. The van der Waals surface area contributed by atoms with Crippen LogP contribution in [0.4, 0.5) is 45.5 Å². The number of methoxy groups -OCH3 is 2. The van der Waals surface area contributed by atoms with Crippen LogP contribution < -0.4 is 61.6 Å². The lowest BCUT2D eigenvalue weighted by molar-refractivity contribution is -0.253. The van der Waals surface area contributed by atoms with Gasteiger partial charge in [0.1, 0.15) is 30.0 Å². The van der Waals surface area contributed by atoms with Crippen molar-refractivity contribution in [2.45, 2.75) is 94.5 Å². The summed E-state index contributed by atoms with van der Waals surface area (Å²) in [6, 6.07) is 31.3. The van der Waals surface area contributed by atoms with Gasteiger partial charge in [-0.1, -0.05) is 48.5 Å². The number of carbonyl (C=O) groups excluding carboxylic acids is 8. The lowest BCUT2D eigenvalue weighted by Gasteiger charge is -2.22. The average Bonchev–Trinajstić information content (AvgIpc) is 0.836. The van der Waals surface area contributed by atoms with Crippen molar-refractivity contribution in [1.82, 2.24) is 0 Å². The van der Waals surface area contributed by atoms with Crippen LogP contribution in [0.25, 0.3) is 0 Å². The van der Waals surface area contributed by atoms with E-state index in [9.17, 15) is 38.4 Å². The number of ether oxygens (including phenoxy) is 5. The number of benzene rings is 8. The van der Waals surface area contributed by atoms with Crippen molar-refractivity contribution in [1.29, 1.82) is 0 Å². The number of aryl methyl sites for hydroxylation is 8. The monoisotopic (exact) mass is 1330 g/mol. The van der Waals surface area contributed by atoms with Crippen LogP contribution in [0.3, 0.4) is 0 Å². The van der Waals surface area contributed by atoms with Gasteiger partial charge in [0.2, 0.25) is 0 Å². The Hall–Kier alpha value is -11.4. The zero-order valence-electron chi connectivity index (χ0n) is 56.5. The molecule has 8 aromatic rings. The molecule has 0 radical (unpaired) electrons. The molecule has 2 aliphatic rings. The Labute approximate surface area is 566 Å². The smallest absolute Gasteiger partial charge is 0.259 e. The zero-order valence-corrected chi connectivity index (χ0v) is 56.5. The summed E-state index contributed by atoms with van der Waals surface area (Å²) in [5, 5.41) is 23.5. The normalized spacial score (nSPS) is 16.8. The molecule has 3 unspecified atom stereocenters. The van der Waals surface area contributed by atoms with E-state index in [-0.39, 0.29) is 110 Å². The third-order valence-corrected chi connectivity index (χ3v) is 16.7. The number of amides is 8. The molecule has 3 atom stereocenters. The highest BCUT2D eigenvalue weighted by Gasteiger charge is 2.30. The number of carbonyl (C=O) groups is 8.